The second kappa shape index (κ2) is 15.2. The SMILES string of the molecule is CC12CCC3c4ccc(O)cc4CCC3C1CCC2O.CCCCCCCCCSCCCCC(F)(F)F. The number of alkyl halides is 3. The third-order valence-electron chi connectivity index (χ3n) is 9.55. The van der Waals surface area contributed by atoms with Gasteiger partial charge in [-0.2, -0.15) is 24.9 Å². The van der Waals surface area contributed by atoms with Gasteiger partial charge >= 0.3 is 6.18 Å². The van der Waals surface area contributed by atoms with Crippen LogP contribution in [0.15, 0.2) is 18.2 Å². The lowest BCUT2D eigenvalue weighted by molar-refractivity contribution is -0.135. The normalized spacial score (nSPS) is 28.2. The smallest absolute Gasteiger partial charge is 0.389 e. The molecule has 3 aliphatic carbocycles. The summed E-state index contributed by atoms with van der Waals surface area (Å²) in [5, 5.41) is 20.0. The molecule has 218 valence electrons. The molecule has 0 radical (unpaired) electrons. The fourth-order valence-electron chi connectivity index (χ4n) is 7.33. The zero-order valence-electron chi connectivity index (χ0n) is 23.7. The van der Waals surface area contributed by atoms with Gasteiger partial charge in [-0.05, 0) is 116 Å². The van der Waals surface area contributed by atoms with Crippen LogP contribution in [0.3, 0.4) is 0 Å². The van der Waals surface area contributed by atoms with Gasteiger partial charge in [0.05, 0.1) is 6.10 Å². The number of hydrogen-bond donors (Lipinski definition) is 2. The molecule has 2 fully saturated rings. The summed E-state index contributed by atoms with van der Waals surface area (Å²) in [5.41, 5.74) is 2.99. The van der Waals surface area contributed by atoms with Gasteiger partial charge in [0.1, 0.15) is 5.75 Å². The molecular formula is C32H51F3O2S. The predicted octanol–water partition coefficient (Wildman–Crippen LogP) is 9.81. The highest BCUT2D eigenvalue weighted by molar-refractivity contribution is 7.99. The van der Waals surface area contributed by atoms with Crippen molar-refractivity contribution < 1.29 is 23.4 Å². The predicted molar refractivity (Wildman–Crippen MR) is 154 cm³/mol. The molecule has 1 aromatic carbocycles. The first-order valence-corrected chi connectivity index (χ1v) is 16.5. The first-order chi connectivity index (χ1) is 18.2. The number of aliphatic hydroxyl groups is 1. The molecule has 0 saturated heterocycles. The van der Waals surface area contributed by atoms with Crippen LogP contribution >= 0.6 is 11.8 Å². The number of thioether (sulfide) groups is 1. The molecule has 38 heavy (non-hydrogen) atoms. The number of unbranched alkanes of at least 4 members (excludes halogenated alkanes) is 7. The number of hydrogen-bond acceptors (Lipinski definition) is 3. The standard InChI is InChI=1S/C18H24O2.C14H27F3S/c1-18-9-8-14-13-5-3-12(19)10-11(13)2-4-15(14)16(18)6-7-17(18)20;1-2-3-4-5-6-7-9-12-18-13-10-8-11-14(15,16)17/h3,5,10,14-17,19-20H,2,4,6-9H2,1H3;2-13H2,1H3. The lowest BCUT2D eigenvalue weighted by Crippen LogP contribution is -2.43. The van der Waals surface area contributed by atoms with E-state index in [-0.39, 0.29) is 17.9 Å². The van der Waals surface area contributed by atoms with Crippen LogP contribution in [0, 0.1) is 17.3 Å². The molecule has 0 bridgehead atoms. The van der Waals surface area contributed by atoms with E-state index in [1.807, 2.05) is 12.1 Å². The fraction of sp³-hybridized carbons (Fsp3) is 0.812. The summed E-state index contributed by atoms with van der Waals surface area (Å²) < 4.78 is 35.6. The summed E-state index contributed by atoms with van der Waals surface area (Å²) in [6.07, 6.45) is 12.3. The van der Waals surface area contributed by atoms with Crippen molar-refractivity contribution in [3.05, 3.63) is 29.3 Å². The van der Waals surface area contributed by atoms with E-state index in [1.54, 1.807) is 11.8 Å². The minimum atomic E-state index is -3.97. The second-order valence-corrected chi connectivity index (χ2v) is 13.5. The molecule has 6 heteroatoms. The van der Waals surface area contributed by atoms with Crippen LogP contribution in [0.5, 0.6) is 5.75 Å². The molecule has 3 aliphatic rings. The summed E-state index contributed by atoms with van der Waals surface area (Å²) in [7, 11) is 0. The molecule has 0 aliphatic heterocycles. The topological polar surface area (TPSA) is 40.5 Å². The fourth-order valence-corrected chi connectivity index (χ4v) is 8.35. The molecule has 2 saturated carbocycles. The third-order valence-corrected chi connectivity index (χ3v) is 10.7. The summed E-state index contributed by atoms with van der Waals surface area (Å²) in [6.45, 7) is 4.54. The third kappa shape index (κ3) is 9.08. The molecule has 0 spiro atoms. The van der Waals surface area contributed by atoms with Crippen LogP contribution in [0.25, 0.3) is 0 Å². The van der Waals surface area contributed by atoms with Crippen LogP contribution in [-0.2, 0) is 6.42 Å². The van der Waals surface area contributed by atoms with E-state index in [0.29, 0.717) is 24.0 Å². The van der Waals surface area contributed by atoms with Crippen molar-refractivity contribution in [3.8, 4) is 5.75 Å². The van der Waals surface area contributed by atoms with Gasteiger partial charge < -0.3 is 10.2 Å². The minimum Gasteiger partial charge on any atom is -0.508 e. The number of aryl methyl sites for hydroxylation is 1. The molecule has 5 unspecified atom stereocenters. The van der Waals surface area contributed by atoms with Gasteiger partial charge in [0.15, 0.2) is 0 Å². The van der Waals surface area contributed by atoms with Gasteiger partial charge in [-0.1, -0.05) is 58.4 Å². The zero-order chi connectivity index (χ0) is 27.6. The minimum absolute atomic E-state index is 0.0883. The molecule has 4 rings (SSSR count). The van der Waals surface area contributed by atoms with Gasteiger partial charge in [0.2, 0.25) is 0 Å². The highest BCUT2D eigenvalue weighted by atomic mass is 32.2. The monoisotopic (exact) mass is 556 g/mol. The lowest BCUT2D eigenvalue weighted by atomic mass is 9.55. The number of phenols is 1. The van der Waals surface area contributed by atoms with Gasteiger partial charge in [0, 0.05) is 6.42 Å². The van der Waals surface area contributed by atoms with Gasteiger partial charge in [-0.25, -0.2) is 0 Å². The molecule has 0 amide bonds. The number of rotatable bonds is 12. The average molecular weight is 557 g/mol. The number of fused-ring (bicyclic) bond motifs is 5. The lowest BCUT2D eigenvalue weighted by Gasteiger charge is -2.50. The number of phenolic OH excluding ortho intramolecular Hbond substituents is 1. The molecule has 2 nitrogen and oxygen atoms in total. The number of aromatic hydroxyl groups is 1. The number of halogens is 3. The number of aliphatic hydroxyl groups excluding tert-OH is 1. The van der Waals surface area contributed by atoms with Crippen LogP contribution in [0.1, 0.15) is 127 Å². The summed E-state index contributed by atoms with van der Waals surface area (Å²) in [4.78, 5) is 0. The van der Waals surface area contributed by atoms with E-state index >= 15 is 0 Å². The van der Waals surface area contributed by atoms with E-state index in [2.05, 4.69) is 19.9 Å². The Hall–Kier alpha value is -0.880. The van der Waals surface area contributed by atoms with Crippen LogP contribution in [0.4, 0.5) is 13.2 Å². The van der Waals surface area contributed by atoms with Crippen molar-refractivity contribution in [2.45, 2.75) is 135 Å². The van der Waals surface area contributed by atoms with Crippen molar-refractivity contribution in [2.75, 3.05) is 11.5 Å². The molecule has 1 aromatic rings. The number of benzene rings is 1. The van der Waals surface area contributed by atoms with Crippen LogP contribution in [0.2, 0.25) is 0 Å². The molecule has 5 atom stereocenters. The van der Waals surface area contributed by atoms with E-state index in [0.717, 1.165) is 36.7 Å². The Morgan fingerprint density at radius 1 is 0.921 bits per heavy atom. The Bertz CT molecular complexity index is 829. The van der Waals surface area contributed by atoms with Crippen molar-refractivity contribution >= 4 is 11.8 Å². The van der Waals surface area contributed by atoms with Crippen LogP contribution < -0.4 is 0 Å². The largest absolute Gasteiger partial charge is 0.508 e. The van der Waals surface area contributed by atoms with Gasteiger partial charge in [0.25, 0.3) is 0 Å². The maximum absolute atomic E-state index is 11.9. The quantitative estimate of drug-likeness (QED) is 0.252. The first-order valence-electron chi connectivity index (χ1n) is 15.3. The van der Waals surface area contributed by atoms with Crippen LogP contribution in [-0.4, -0.2) is 34.0 Å². The molecule has 2 N–H and O–H groups in total. The van der Waals surface area contributed by atoms with Gasteiger partial charge in [-0.3, -0.25) is 0 Å². The second-order valence-electron chi connectivity index (χ2n) is 12.2. The van der Waals surface area contributed by atoms with E-state index in [4.69, 9.17) is 0 Å². The first kappa shape index (κ1) is 31.6. The van der Waals surface area contributed by atoms with Gasteiger partial charge in [-0.15, -0.1) is 0 Å². The Kier molecular flexibility index (Phi) is 12.7. The highest BCUT2D eigenvalue weighted by Gasteiger charge is 2.54. The Balaban J connectivity index is 0.000000213. The molecule has 0 heterocycles. The maximum atomic E-state index is 11.9. The summed E-state index contributed by atoms with van der Waals surface area (Å²) in [6, 6.07) is 5.96. The molecular weight excluding hydrogens is 505 g/mol. The van der Waals surface area contributed by atoms with Crippen molar-refractivity contribution in [2.24, 2.45) is 17.3 Å². The Morgan fingerprint density at radius 3 is 2.32 bits per heavy atom. The van der Waals surface area contributed by atoms with Crippen molar-refractivity contribution in [3.63, 3.8) is 0 Å². The van der Waals surface area contributed by atoms with E-state index in [9.17, 15) is 23.4 Å². The average Bonchev–Trinajstić information content (AvgIpc) is 3.18. The Morgan fingerprint density at radius 2 is 1.61 bits per heavy atom. The summed E-state index contributed by atoms with van der Waals surface area (Å²) >= 11 is 1.80. The molecule has 0 aromatic heterocycles. The zero-order valence-corrected chi connectivity index (χ0v) is 24.5. The van der Waals surface area contributed by atoms with E-state index in [1.165, 1.54) is 75.3 Å². The summed E-state index contributed by atoms with van der Waals surface area (Å²) in [5.74, 6) is 4.48. The van der Waals surface area contributed by atoms with Crippen molar-refractivity contribution in [1.29, 1.82) is 0 Å². The van der Waals surface area contributed by atoms with E-state index < -0.39 is 12.6 Å². The maximum Gasteiger partial charge on any atom is 0.389 e. The van der Waals surface area contributed by atoms with Crippen molar-refractivity contribution in [1.82, 2.24) is 0 Å². The Labute approximate surface area is 233 Å². The highest BCUT2D eigenvalue weighted by Crippen LogP contribution is 2.60.